The lowest BCUT2D eigenvalue weighted by Crippen LogP contribution is -2.13. The van der Waals surface area contributed by atoms with Crippen LogP contribution in [0.3, 0.4) is 0 Å². The van der Waals surface area contributed by atoms with E-state index in [0.717, 1.165) is 12.1 Å². The van der Waals surface area contributed by atoms with E-state index < -0.39 is 20.5 Å². The Balaban J connectivity index is 3.41. The fraction of sp³-hybridized carbons (Fsp3) is 0.143. The van der Waals surface area contributed by atoms with Gasteiger partial charge < -0.3 is 5.43 Å². The van der Waals surface area contributed by atoms with Crippen molar-refractivity contribution in [3.63, 3.8) is 0 Å². The highest BCUT2D eigenvalue weighted by Crippen LogP contribution is 2.33. The predicted molar refractivity (Wildman–Crippen MR) is 57.5 cm³/mol. The van der Waals surface area contributed by atoms with Crippen LogP contribution in [0.25, 0.3) is 0 Å². The van der Waals surface area contributed by atoms with E-state index >= 15 is 0 Å². The first-order valence-corrected chi connectivity index (χ1v) is 6.08. The molecule has 0 heterocycles. The van der Waals surface area contributed by atoms with Gasteiger partial charge in [-0.15, -0.1) is 0 Å². The van der Waals surface area contributed by atoms with Gasteiger partial charge in [0.2, 0.25) is 9.84 Å². The highest BCUT2D eigenvalue weighted by Gasteiger charge is 2.28. The third-order valence-corrected chi connectivity index (χ3v) is 3.68. The lowest BCUT2D eigenvalue weighted by molar-refractivity contribution is 0.235. The monoisotopic (exact) mass is 290 g/mol. The van der Waals surface area contributed by atoms with Crippen molar-refractivity contribution in [3.8, 4) is 0 Å². The van der Waals surface area contributed by atoms with E-state index in [-0.39, 0.29) is 15.7 Å². The molecule has 9 heteroatoms. The molecule has 0 aliphatic carbocycles. The van der Waals surface area contributed by atoms with Crippen LogP contribution in [0.2, 0.25) is 10.0 Å². The number of nitrogens with one attached hydrogen (secondary N) is 1. The number of anilines is 1. The molecule has 3 N–H and O–H groups in total. The number of nitrogen functional groups attached to an aromatic ring is 1. The highest BCUT2D eigenvalue weighted by molar-refractivity contribution is 7.91. The average Bonchev–Trinajstić information content (AvgIpc) is 2.16. The molecular weight excluding hydrogens is 285 g/mol. The second-order valence-corrected chi connectivity index (χ2v) is 5.44. The number of rotatable bonds is 3. The zero-order valence-electron chi connectivity index (χ0n) is 7.55. The Hall–Kier alpha value is -0.630. The van der Waals surface area contributed by atoms with Crippen LogP contribution < -0.4 is 11.3 Å². The molecule has 0 radical (unpaired) electrons. The standard InChI is InChI=1S/C7H6Cl2F2N2O2S/c8-4-1-3(16(14,15)7(10)11)2-5(9)6(4)13-12/h1-2,7,13H,12H2. The molecule has 4 nitrogen and oxygen atoms in total. The van der Waals surface area contributed by atoms with Gasteiger partial charge in [0.15, 0.2) is 0 Å². The van der Waals surface area contributed by atoms with Crippen molar-refractivity contribution in [3.05, 3.63) is 22.2 Å². The first-order valence-electron chi connectivity index (χ1n) is 3.78. The van der Waals surface area contributed by atoms with E-state index in [9.17, 15) is 17.2 Å². The van der Waals surface area contributed by atoms with Crippen LogP contribution in [0.1, 0.15) is 0 Å². The Bertz CT molecular complexity index is 484. The molecule has 0 saturated carbocycles. The molecule has 0 aromatic heterocycles. The number of alkyl halides is 2. The molecule has 0 spiro atoms. The summed E-state index contributed by atoms with van der Waals surface area (Å²) in [6.45, 7) is 0. The molecule has 0 aliphatic rings. The number of benzene rings is 1. The zero-order chi connectivity index (χ0) is 12.5. The number of nitrogens with two attached hydrogens (primary N) is 1. The third-order valence-electron chi connectivity index (χ3n) is 1.72. The van der Waals surface area contributed by atoms with Crippen LogP contribution >= 0.6 is 23.2 Å². The average molecular weight is 291 g/mol. The fourth-order valence-electron chi connectivity index (χ4n) is 0.955. The summed E-state index contributed by atoms with van der Waals surface area (Å²) in [5, 5.41) is -0.316. The van der Waals surface area contributed by atoms with Gasteiger partial charge in [-0.1, -0.05) is 23.2 Å². The number of hydrazine groups is 1. The van der Waals surface area contributed by atoms with Crippen molar-refractivity contribution in [1.82, 2.24) is 0 Å². The fourth-order valence-corrected chi connectivity index (χ4v) is 2.45. The Kier molecular flexibility index (Phi) is 3.95. The van der Waals surface area contributed by atoms with Gasteiger partial charge in [-0.2, -0.15) is 8.78 Å². The molecule has 0 atom stereocenters. The minimum Gasteiger partial charge on any atom is -0.321 e. The molecule has 16 heavy (non-hydrogen) atoms. The largest absolute Gasteiger partial charge is 0.341 e. The van der Waals surface area contributed by atoms with Gasteiger partial charge in [-0.25, -0.2) is 8.42 Å². The minimum atomic E-state index is -4.72. The maximum atomic E-state index is 12.2. The Labute approximate surface area is 100 Å². The number of sulfone groups is 1. The quantitative estimate of drug-likeness (QED) is 0.662. The number of hydrogen-bond acceptors (Lipinski definition) is 4. The van der Waals surface area contributed by atoms with Gasteiger partial charge in [-0.3, -0.25) is 5.84 Å². The van der Waals surface area contributed by atoms with Crippen molar-refractivity contribution in [2.24, 2.45) is 5.84 Å². The van der Waals surface area contributed by atoms with Gasteiger partial charge in [0.05, 0.1) is 20.6 Å². The van der Waals surface area contributed by atoms with E-state index in [4.69, 9.17) is 29.0 Å². The van der Waals surface area contributed by atoms with E-state index in [1.54, 1.807) is 0 Å². The van der Waals surface area contributed by atoms with Crippen LogP contribution in [0, 0.1) is 0 Å². The van der Waals surface area contributed by atoms with E-state index in [2.05, 4.69) is 5.43 Å². The van der Waals surface area contributed by atoms with Crippen LogP contribution in [0.15, 0.2) is 17.0 Å². The normalized spacial score (nSPS) is 11.9. The second-order valence-electron chi connectivity index (χ2n) is 2.71. The molecule has 0 fully saturated rings. The van der Waals surface area contributed by atoms with Gasteiger partial charge in [0, 0.05) is 0 Å². The summed E-state index contributed by atoms with van der Waals surface area (Å²) in [5.74, 6) is 1.52. The van der Waals surface area contributed by atoms with Gasteiger partial charge in [0.25, 0.3) is 0 Å². The highest BCUT2D eigenvalue weighted by atomic mass is 35.5. The lowest BCUT2D eigenvalue weighted by atomic mass is 10.3. The summed E-state index contributed by atoms with van der Waals surface area (Å²) in [6.07, 6.45) is 0. The van der Waals surface area contributed by atoms with Crippen LogP contribution in [0.4, 0.5) is 14.5 Å². The summed E-state index contributed by atoms with van der Waals surface area (Å²) >= 11 is 11.2. The Morgan fingerprint density at radius 2 is 1.69 bits per heavy atom. The van der Waals surface area contributed by atoms with Crippen molar-refractivity contribution in [2.45, 2.75) is 10.7 Å². The smallest absolute Gasteiger partial charge is 0.321 e. The molecule has 0 amide bonds. The van der Waals surface area contributed by atoms with Crippen molar-refractivity contribution in [1.29, 1.82) is 0 Å². The summed E-state index contributed by atoms with van der Waals surface area (Å²) < 4.78 is 46.7. The van der Waals surface area contributed by atoms with Gasteiger partial charge in [-0.05, 0) is 12.1 Å². The van der Waals surface area contributed by atoms with Crippen molar-refractivity contribution >= 4 is 38.7 Å². The van der Waals surface area contributed by atoms with E-state index in [1.807, 2.05) is 0 Å². The summed E-state index contributed by atoms with van der Waals surface area (Å²) in [5.41, 5.74) is 2.19. The molecule has 0 aliphatic heterocycles. The zero-order valence-corrected chi connectivity index (χ0v) is 9.87. The molecule has 1 aromatic rings. The van der Waals surface area contributed by atoms with Crippen LogP contribution in [-0.2, 0) is 9.84 Å². The van der Waals surface area contributed by atoms with Gasteiger partial charge >= 0.3 is 5.76 Å². The predicted octanol–water partition coefficient (Wildman–Crippen LogP) is 2.28. The maximum Gasteiger partial charge on any atom is 0.341 e. The molecule has 0 unspecified atom stereocenters. The first-order chi connectivity index (χ1) is 7.30. The third kappa shape index (κ3) is 2.37. The Morgan fingerprint density at radius 1 is 1.25 bits per heavy atom. The van der Waals surface area contributed by atoms with Crippen molar-refractivity contribution in [2.75, 3.05) is 5.43 Å². The number of hydrogen-bond donors (Lipinski definition) is 2. The Morgan fingerprint density at radius 3 is 2.00 bits per heavy atom. The lowest BCUT2D eigenvalue weighted by Gasteiger charge is -2.09. The number of halogens is 4. The second kappa shape index (κ2) is 4.70. The molecular formula is C7H6Cl2F2N2O2S. The van der Waals surface area contributed by atoms with Crippen LogP contribution in [0.5, 0.6) is 0 Å². The maximum absolute atomic E-state index is 12.2. The van der Waals surface area contributed by atoms with Gasteiger partial charge in [0.1, 0.15) is 0 Å². The summed E-state index contributed by atoms with van der Waals surface area (Å²) in [4.78, 5) is -0.656. The summed E-state index contributed by atoms with van der Waals surface area (Å²) in [7, 11) is -4.72. The van der Waals surface area contributed by atoms with E-state index in [0.29, 0.717) is 0 Å². The molecule has 0 saturated heterocycles. The van der Waals surface area contributed by atoms with Crippen LogP contribution in [-0.4, -0.2) is 14.2 Å². The SMILES string of the molecule is NNc1c(Cl)cc(S(=O)(=O)C(F)F)cc1Cl. The molecule has 0 bridgehead atoms. The molecule has 1 aromatic carbocycles. The summed E-state index contributed by atoms with van der Waals surface area (Å²) in [6, 6.07) is 1.70. The van der Waals surface area contributed by atoms with E-state index in [1.165, 1.54) is 0 Å². The topological polar surface area (TPSA) is 72.2 Å². The first kappa shape index (κ1) is 13.4. The molecule has 90 valence electrons. The van der Waals surface area contributed by atoms with Crippen molar-refractivity contribution < 1.29 is 17.2 Å². The minimum absolute atomic E-state index is 0.0662. The molecule has 1 rings (SSSR count).